The summed E-state index contributed by atoms with van der Waals surface area (Å²) in [6.45, 7) is 5.23. The molecule has 3 atom stereocenters. The van der Waals surface area contributed by atoms with Gasteiger partial charge in [-0.05, 0) is 19.3 Å². The number of aliphatic hydroxyl groups is 1. The average Bonchev–Trinajstić information content (AvgIpc) is 1.95. The molecule has 0 radical (unpaired) electrons. The van der Waals surface area contributed by atoms with Gasteiger partial charge in [0.1, 0.15) is 0 Å². The van der Waals surface area contributed by atoms with Gasteiger partial charge < -0.3 is 9.84 Å². The fourth-order valence-corrected chi connectivity index (χ4v) is 1.69. The summed E-state index contributed by atoms with van der Waals surface area (Å²) in [6.07, 6.45) is 1.45. The Kier molecular flexibility index (Phi) is 2.69. The third kappa shape index (κ3) is 1.32. The second-order valence-corrected chi connectivity index (χ2v) is 3.08. The molecule has 0 aromatic heterocycles. The highest BCUT2D eigenvalue weighted by molar-refractivity contribution is 4.87. The number of hydrogen-bond acceptors (Lipinski definition) is 2. The van der Waals surface area contributed by atoms with Gasteiger partial charge >= 0.3 is 0 Å². The van der Waals surface area contributed by atoms with Crippen molar-refractivity contribution in [2.75, 3.05) is 13.2 Å². The molecule has 0 aromatic rings. The Labute approximate surface area is 62.2 Å². The predicted molar refractivity (Wildman–Crippen MR) is 39.8 cm³/mol. The van der Waals surface area contributed by atoms with Gasteiger partial charge in [0.05, 0.1) is 6.10 Å². The topological polar surface area (TPSA) is 29.5 Å². The zero-order chi connectivity index (χ0) is 7.56. The third-order valence-corrected chi connectivity index (χ3v) is 2.29. The standard InChI is InChI=1S/C8H16O2/c1-3-10-8-6(2)4-7(8)5-9/h6-9H,3-5H2,1-2H3. The van der Waals surface area contributed by atoms with Gasteiger partial charge in [0.2, 0.25) is 0 Å². The van der Waals surface area contributed by atoms with Crippen LogP contribution in [-0.4, -0.2) is 24.4 Å². The number of aliphatic hydroxyl groups excluding tert-OH is 1. The molecule has 0 aromatic carbocycles. The monoisotopic (exact) mass is 144 g/mol. The molecular formula is C8H16O2. The van der Waals surface area contributed by atoms with Crippen molar-refractivity contribution >= 4 is 0 Å². The van der Waals surface area contributed by atoms with Gasteiger partial charge in [0.15, 0.2) is 0 Å². The minimum atomic E-state index is 0.287. The first kappa shape index (κ1) is 8.02. The summed E-state index contributed by atoms with van der Waals surface area (Å²) in [6, 6.07) is 0. The molecule has 2 nitrogen and oxygen atoms in total. The Balaban J connectivity index is 2.25. The van der Waals surface area contributed by atoms with Gasteiger partial charge in [-0.25, -0.2) is 0 Å². The van der Waals surface area contributed by atoms with Gasteiger partial charge in [-0.2, -0.15) is 0 Å². The average molecular weight is 144 g/mol. The van der Waals surface area contributed by atoms with Crippen molar-refractivity contribution in [1.82, 2.24) is 0 Å². The van der Waals surface area contributed by atoms with Crippen LogP contribution in [0.5, 0.6) is 0 Å². The maximum Gasteiger partial charge on any atom is 0.0650 e. The maximum atomic E-state index is 8.82. The van der Waals surface area contributed by atoms with E-state index in [0.29, 0.717) is 17.9 Å². The van der Waals surface area contributed by atoms with E-state index in [4.69, 9.17) is 9.84 Å². The lowest BCUT2D eigenvalue weighted by Gasteiger charge is -2.41. The molecule has 1 aliphatic rings. The number of hydrogen-bond donors (Lipinski definition) is 1. The van der Waals surface area contributed by atoms with Gasteiger partial charge in [-0.1, -0.05) is 6.92 Å². The van der Waals surface area contributed by atoms with Gasteiger partial charge in [-0.3, -0.25) is 0 Å². The third-order valence-electron chi connectivity index (χ3n) is 2.29. The van der Waals surface area contributed by atoms with Crippen molar-refractivity contribution in [3.63, 3.8) is 0 Å². The Morgan fingerprint density at radius 1 is 1.60 bits per heavy atom. The van der Waals surface area contributed by atoms with Crippen molar-refractivity contribution in [2.24, 2.45) is 11.8 Å². The Morgan fingerprint density at radius 3 is 2.70 bits per heavy atom. The molecule has 0 aliphatic heterocycles. The maximum absolute atomic E-state index is 8.82. The van der Waals surface area contributed by atoms with E-state index in [1.165, 1.54) is 0 Å². The van der Waals surface area contributed by atoms with E-state index in [-0.39, 0.29) is 6.61 Å². The summed E-state index contributed by atoms with van der Waals surface area (Å²) in [7, 11) is 0. The van der Waals surface area contributed by atoms with Crippen molar-refractivity contribution < 1.29 is 9.84 Å². The lowest BCUT2D eigenvalue weighted by molar-refractivity contribution is -0.100. The molecule has 1 saturated carbocycles. The smallest absolute Gasteiger partial charge is 0.0650 e. The molecule has 3 unspecified atom stereocenters. The van der Waals surface area contributed by atoms with Gasteiger partial charge in [0, 0.05) is 19.1 Å². The summed E-state index contributed by atoms with van der Waals surface area (Å²) >= 11 is 0. The summed E-state index contributed by atoms with van der Waals surface area (Å²) in [5.41, 5.74) is 0. The molecule has 2 heteroatoms. The molecular weight excluding hydrogens is 128 g/mol. The molecule has 0 bridgehead atoms. The normalized spacial score (nSPS) is 39.3. The second kappa shape index (κ2) is 3.35. The lowest BCUT2D eigenvalue weighted by atomic mass is 9.73. The quantitative estimate of drug-likeness (QED) is 0.641. The molecule has 60 valence electrons. The minimum absolute atomic E-state index is 0.287. The zero-order valence-electron chi connectivity index (χ0n) is 6.71. The summed E-state index contributed by atoms with van der Waals surface area (Å²) in [5, 5.41) is 8.82. The molecule has 10 heavy (non-hydrogen) atoms. The van der Waals surface area contributed by atoms with Crippen molar-refractivity contribution in [1.29, 1.82) is 0 Å². The van der Waals surface area contributed by atoms with Crippen LogP contribution in [0.25, 0.3) is 0 Å². The number of rotatable bonds is 3. The number of ether oxygens (including phenoxy) is 1. The SMILES string of the molecule is CCOC1C(C)CC1CO. The molecule has 0 spiro atoms. The Hall–Kier alpha value is -0.0800. The fourth-order valence-electron chi connectivity index (χ4n) is 1.69. The van der Waals surface area contributed by atoms with Crippen LogP contribution in [-0.2, 0) is 4.74 Å². The van der Waals surface area contributed by atoms with E-state index in [0.717, 1.165) is 13.0 Å². The van der Waals surface area contributed by atoms with E-state index in [9.17, 15) is 0 Å². The first-order chi connectivity index (χ1) is 4.79. The molecule has 1 rings (SSSR count). The van der Waals surface area contributed by atoms with Crippen LogP contribution >= 0.6 is 0 Å². The first-order valence-corrected chi connectivity index (χ1v) is 4.02. The highest BCUT2D eigenvalue weighted by atomic mass is 16.5. The molecule has 1 fully saturated rings. The Bertz CT molecular complexity index is 103. The van der Waals surface area contributed by atoms with Crippen LogP contribution in [0.3, 0.4) is 0 Å². The largest absolute Gasteiger partial charge is 0.396 e. The molecule has 0 heterocycles. The molecule has 0 saturated heterocycles. The Morgan fingerprint density at radius 2 is 2.30 bits per heavy atom. The van der Waals surface area contributed by atoms with Crippen LogP contribution in [0, 0.1) is 11.8 Å². The predicted octanol–water partition coefficient (Wildman–Crippen LogP) is 1.04. The highest BCUT2D eigenvalue weighted by Gasteiger charge is 2.37. The van der Waals surface area contributed by atoms with Crippen molar-refractivity contribution in [3.05, 3.63) is 0 Å². The summed E-state index contributed by atoms with van der Waals surface area (Å²) in [5.74, 6) is 1.06. The summed E-state index contributed by atoms with van der Waals surface area (Å²) in [4.78, 5) is 0. The van der Waals surface area contributed by atoms with E-state index >= 15 is 0 Å². The van der Waals surface area contributed by atoms with Crippen LogP contribution in [0.4, 0.5) is 0 Å². The zero-order valence-corrected chi connectivity index (χ0v) is 6.71. The van der Waals surface area contributed by atoms with Crippen LogP contribution < -0.4 is 0 Å². The van der Waals surface area contributed by atoms with Crippen LogP contribution in [0.1, 0.15) is 20.3 Å². The van der Waals surface area contributed by atoms with Crippen molar-refractivity contribution in [3.8, 4) is 0 Å². The van der Waals surface area contributed by atoms with E-state index < -0.39 is 0 Å². The lowest BCUT2D eigenvalue weighted by Crippen LogP contribution is -2.44. The second-order valence-electron chi connectivity index (χ2n) is 3.08. The van der Waals surface area contributed by atoms with E-state index in [1.54, 1.807) is 0 Å². The van der Waals surface area contributed by atoms with Crippen molar-refractivity contribution in [2.45, 2.75) is 26.4 Å². The summed E-state index contributed by atoms with van der Waals surface area (Å²) < 4.78 is 5.43. The highest BCUT2D eigenvalue weighted by Crippen LogP contribution is 2.35. The van der Waals surface area contributed by atoms with Gasteiger partial charge in [0.25, 0.3) is 0 Å². The van der Waals surface area contributed by atoms with Crippen LogP contribution in [0.2, 0.25) is 0 Å². The van der Waals surface area contributed by atoms with Gasteiger partial charge in [-0.15, -0.1) is 0 Å². The van der Waals surface area contributed by atoms with Crippen LogP contribution in [0.15, 0.2) is 0 Å². The molecule has 1 N–H and O–H groups in total. The van der Waals surface area contributed by atoms with E-state index in [2.05, 4.69) is 6.92 Å². The first-order valence-electron chi connectivity index (χ1n) is 4.02. The molecule has 1 aliphatic carbocycles. The molecule has 0 amide bonds. The minimum Gasteiger partial charge on any atom is -0.396 e. The fraction of sp³-hybridized carbons (Fsp3) is 1.00. The van der Waals surface area contributed by atoms with E-state index in [1.807, 2.05) is 6.92 Å².